The number of nitrogens with zero attached hydrogens (tertiary/aromatic N) is 2. The molecule has 2 N–H and O–H groups in total. The molecule has 18 heavy (non-hydrogen) atoms. The summed E-state index contributed by atoms with van der Waals surface area (Å²) in [5.74, 6) is 2.15. The lowest BCUT2D eigenvalue weighted by atomic mass is 9.91. The van der Waals surface area contributed by atoms with E-state index in [9.17, 15) is 0 Å². The molecule has 2 rings (SSSR count). The smallest absolute Gasteiger partial charge is 0.125 e. The molecule has 0 radical (unpaired) electrons. The summed E-state index contributed by atoms with van der Waals surface area (Å²) in [7, 11) is 1.96. The van der Waals surface area contributed by atoms with Crippen molar-refractivity contribution in [2.75, 3.05) is 5.73 Å². The number of rotatable bonds is 3. The Labute approximate surface area is 111 Å². The monoisotopic (exact) mass is 249 g/mol. The Hall–Kier alpha value is -0.990. The molecular formula is C15H27N3. The molecule has 1 aromatic heterocycles. The minimum Gasteiger partial charge on any atom is -0.384 e. The summed E-state index contributed by atoms with van der Waals surface area (Å²) in [5.41, 5.74) is 8.67. The number of nitrogens with two attached hydrogens (primary N) is 1. The lowest BCUT2D eigenvalue weighted by Gasteiger charge is -2.14. The van der Waals surface area contributed by atoms with Gasteiger partial charge in [-0.05, 0) is 18.3 Å². The van der Waals surface area contributed by atoms with Gasteiger partial charge in [0.15, 0.2) is 0 Å². The van der Waals surface area contributed by atoms with Crippen molar-refractivity contribution < 1.29 is 0 Å². The number of hydrogen-bond acceptors (Lipinski definition) is 2. The second-order valence-corrected chi connectivity index (χ2v) is 6.09. The number of anilines is 1. The Morgan fingerprint density at radius 2 is 1.83 bits per heavy atom. The maximum atomic E-state index is 6.14. The summed E-state index contributed by atoms with van der Waals surface area (Å²) in [5, 5.41) is 4.65. The molecule has 1 saturated carbocycles. The van der Waals surface area contributed by atoms with Crippen LogP contribution in [0.4, 0.5) is 5.82 Å². The molecule has 0 bridgehead atoms. The second-order valence-electron chi connectivity index (χ2n) is 6.09. The van der Waals surface area contributed by atoms with Crippen LogP contribution in [0, 0.1) is 5.92 Å². The van der Waals surface area contributed by atoms with Crippen LogP contribution in [0.5, 0.6) is 0 Å². The summed E-state index contributed by atoms with van der Waals surface area (Å²) in [6.07, 6.45) is 9.48. The minimum absolute atomic E-state index is 0.472. The molecule has 0 atom stereocenters. The fourth-order valence-corrected chi connectivity index (χ4v) is 3.23. The van der Waals surface area contributed by atoms with Gasteiger partial charge in [-0.25, -0.2) is 0 Å². The zero-order valence-electron chi connectivity index (χ0n) is 12.1. The molecule has 1 fully saturated rings. The molecule has 1 aliphatic rings. The highest BCUT2D eigenvalue weighted by Gasteiger charge is 2.21. The zero-order chi connectivity index (χ0) is 13.1. The average molecular weight is 249 g/mol. The molecule has 0 aliphatic heterocycles. The van der Waals surface area contributed by atoms with Gasteiger partial charge in [-0.15, -0.1) is 0 Å². The van der Waals surface area contributed by atoms with Gasteiger partial charge in [0.25, 0.3) is 0 Å². The van der Waals surface area contributed by atoms with Gasteiger partial charge in [0.05, 0.1) is 5.69 Å². The third kappa shape index (κ3) is 2.88. The van der Waals surface area contributed by atoms with Crippen LogP contribution in [-0.4, -0.2) is 9.78 Å². The van der Waals surface area contributed by atoms with Crippen molar-refractivity contribution >= 4 is 5.82 Å². The molecule has 3 heteroatoms. The Balaban J connectivity index is 2.14. The Bertz CT molecular complexity index is 385. The molecule has 1 aliphatic carbocycles. The first kappa shape index (κ1) is 13.4. The van der Waals surface area contributed by atoms with Crippen LogP contribution in [0.2, 0.25) is 0 Å². The summed E-state index contributed by atoms with van der Waals surface area (Å²) >= 11 is 0. The summed E-state index contributed by atoms with van der Waals surface area (Å²) in [6.45, 7) is 4.42. The first-order valence-corrected chi connectivity index (χ1v) is 7.40. The van der Waals surface area contributed by atoms with Gasteiger partial charge in [-0.2, -0.15) is 5.10 Å². The first-order chi connectivity index (χ1) is 8.59. The lowest BCUT2D eigenvalue weighted by molar-refractivity contribution is 0.449. The van der Waals surface area contributed by atoms with Crippen LogP contribution in [0.3, 0.4) is 0 Å². The number of nitrogen functional groups attached to an aromatic ring is 1. The number of aromatic nitrogens is 2. The fraction of sp³-hybridized carbons (Fsp3) is 0.800. The minimum atomic E-state index is 0.472. The van der Waals surface area contributed by atoms with Crippen LogP contribution < -0.4 is 5.73 Å². The highest BCUT2D eigenvalue weighted by molar-refractivity contribution is 5.45. The van der Waals surface area contributed by atoms with Crippen molar-refractivity contribution in [2.24, 2.45) is 13.0 Å². The lowest BCUT2D eigenvalue weighted by Crippen LogP contribution is -2.06. The summed E-state index contributed by atoms with van der Waals surface area (Å²) < 4.78 is 1.85. The van der Waals surface area contributed by atoms with Crippen molar-refractivity contribution in [3.8, 4) is 0 Å². The van der Waals surface area contributed by atoms with Crippen LogP contribution in [0.1, 0.15) is 69.5 Å². The Morgan fingerprint density at radius 3 is 2.39 bits per heavy atom. The Kier molecular flexibility index (Phi) is 4.31. The molecule has 0 amide bonds. The van der Waals surface area contributed by atoms with E-state index in [4.69, 9.17) is 5.73 Å². The van der Waals surface area contributed by atoms with E-state index in [2.05, 4.69) is 18.9 Å². The van der Waals surface area contributed by atoms with Gasteiger partial charge in [-0.1, -0.05) is 52.4 Å². The molecule has 0 aromatic carbocycles. The van der Waals surface area contributed by atoms with Gasteiger partial charge in [0.1, 0.15) is 5.82 Å². The van der Waals surface area contributed by atoms with Crippen molar-refractivity contribution in [2.45, 2.75) is 64.7 Å². The maximum Gasteiger partial charge on any atom is 0.125 e. The van der Waals surface area contributed by atoms with Gasteiger partial charge in [0, 0.05) is 12.6 Å². The van der Waals surface area contributed by atoms with Crippen molar-refractivity contribution in [3.63, 3.8) is 0 Å². The normalized spacial score (nSPS) is 18.2. The predicted molar refractivity (Wildman–Crippen MR) is 76.6 cm³/mol. The van der Waals surface area contributed by atoms with E-state index in [0.717, 1.165) is 18.2 Å². The standard InChI is InChI=1S/C15H27N3/c1-11(2)14-13(17-18(3)15(14)16)10-12-8-6-4-5-7-9-12/h11-12H,4-10,16H2,1-3H3. The van der Waals surface area contributed by atoms with Crippen molar-refractivity contribution in [1.29, 1.82) is 0 Å². The highest BCUT2D eigenvalue weighted by Crippen LogP contribution is 2.31. The summed E-state index contributed by atoms with van der Waals surface area (Å²) in [6, 6.07) is 0. The van der Waals surface area contributed by atoms with E-state index in [1.807, 2.05) is 11.7 Å². The third-order valence-electron chi connectivity index (χ3n) is 4.24. The van der Waals surface area contributed by atoms with E-state index < -0.39 is 0 Å². The van der Waals surface area contributed by atoms with Gasteiger partial charge < -0.3 is 5.73 Å². The fourth-order valence-electron chi connectivity index (χ4n) is 3.23. The van der Waals surface area contributed by atoms with Crippen LogP contribution in [0.25, 0.3) is 0 Å². The largest absolute Gasteiger partial charge is 0.384 e. The first-order valence-electron chi connectivity index (χ1n) is 7.40. The number of hydrogen-bond donors (Lipinski definition) is 1. The molecular weight excluding hydrogens is 222 g/mol. The predicted octanol–water partition coefficient (Wildman–Crippen LogP) is 3.64. The van der Waals surface area contributed by atoms with E-state index in [1.165, 1.54) is 49.8 Å². The van der Waals surface area contributed by atoms with E-state index in [1.54, 1.807) is 0 Å². The van der Waals surface area contributed by atoms with Crippen LogP contribution in [0.15, 0.2) is 0 Å². The van der Waals surface area contributed by atoms with Crippen molar-refractivity contribution in [3.05, 3.63) is 11.3 Å². The molecule has 1 heterocycles. The highest BCUT2D eigenvalue weighted by atomic mass is 15.3. The molecule has 0 spiro atoms. The van der Waals surface area contributed by atoms with Crippen LogP contribution in [-0.2, 0) is 13.5 Å². The topological polar surface area (TPSA) is 43.8 Å². The maximum absolute atomic E-state index is 6.14. The third-order valence-corrected chi connectivity index (χ3v) is 4.24. The Morgan fingerprint density at radius 1 is 1.22 bits per heavy atom. The second kappa shape index (κ2) is 5.77. The van der Waals surface area contributed by atoms with Crippen molar-refractivity contribution in [1.82, 2.24) is 9.78 Å². The summed E-state index contributed by atoms with van der Waals surface area (Å²) in [4.78, 5) is 0. The molecule has 0 unspecified atom stereocenters. The van der Waals surface area contributed by atoms with E-state index in [0.29, 0.717) is 5.92 Å². The molecule has 1 aromatic rings. The van der Waals surface area contributed by atoms with E-state index in [-0.39, 0.29) is 0 Å². The molecule has 3 nitrogen and oxygen atoms in total. The number of aryl methyl sites for hydroxylation is 1. The van der Waals surface area contributed by atoms with Gasteiger partial charge in [0.2, 0.25) is 0 Å². The average Bonchev–Trinajstić information content (AvgIpc) is 2.52. The quantitative estimate of drug-likeness (QED) is 0.831. The SMILES string of the molecule is CC(C)c1c(CC2CCCCCC2)nn(C)c1N. The zero-order valence-corrected chi connectivity index (χ0v) is 12.1. The molecule has 102 valence electrons. The van der Waals surface area contributed by atoms with E-state index >= 15 is 0 Å². The van der Waals surface area contributed by atoms with Gasteiger partial charge in [-0.3, -0.25) is 4.68 Å². The van der Waals surface area contributed by atoms with Gasteiger partial charge >= 0.3 is 0 Å². The molecule has 0 saturated heterocycles. The van der Waals surface area contributed by atoms with Crippen LogP contribution >= 0.6 is 0 Å².